The molecule has 0 fully saturated rings. The number of benzene rings is 4. The molecule has 33 heavy (non-hydrogen) atoms. The van der Waals surface area contributed by atoms with Crippen molar-refractivity contribution in [3.63, 3.8) is 0 Å². The Morgan fingerprint density at radius 3 is 2.45 bits per heavy atom. The number of nitrogens with one attached hydrogen (secondary N) is 2. The number of anilines is 1. The van der Waals surface area contributed by atoms with Crippen LogP contribution in [-0.2, 0) is 4.79 Å². The molecule has 4 aromatic carbocycles. The highest BCUT2D eigenvalue weighted by Crippen LogP contribution is 2.34. The summed E-state index contributed by atoms with van der Waals surface area (Å²) in [7, 11) is 1.63. The largest absolute Gasteiger partial charge is 0.497 e. The first-order valence-corrected chi connectivity index (χ1v) is 11.4. The Morgan fingerprint density at radius 1 is 0.879 bits per heavy atom. The molecule has 0 saturated heterocycles. The van der Waals surface area contributed by atoms with Gasteiger partial charge in [0.15, 0.2) is 0 Å². The maximum Gasteiger partial charge on any atom is 0.252 e. The molecule has 0 spiro atoms. The van der Waals surface area contributed by atoms with Gasteiger partial charge in [0.1, 0.15) is 11.8 Å². The third-order valence-electron chi connectivity index (χ3n) is 5.19. The number of amides is 2. The van der Waals surface area contributed by atoms with Gasteiger partial charge in [-0.25, -0.2) is 0 Å². The maximum atomic E-state index is 12.9. The van der Waals surface area contributed by atoms with Crippen LogP contribution < -0.4 is 15.4 Å². The van der Waals surface area contributed by atoms with Crippen LogP contribution in [0.5, 0.6) is 5.75 Å². The van der Waals surface area contributed by atoms with Gasteiger partial charge in [-0.15, -0.1) is 0 Å². The first-order valence-electron chi connectivity index (χ1n) is 10.6. The zero-order chi connectivity index (χ0) is 23.2. The van der Waals surface area contributed by atoms with Gasteiger partial charge in [-0.2, -0.15) is 0 Å². The summed E-state index contributed by atoms with van der Waals surface area (Å²) in [6, 6.07) is 27.8. The molecular formula is C27H24N2O3S. The van der Waals surface area contributed by atoms with E-state index in [0.717, 1.165) is 26.3 Å². The average molecular weight is 457 g/mol. The fourth-order valence-corrected chi connectivity index (χ4v) is 4.41. The summed E-state index contributed by atoms with van der Waals surface area (Å²) in [5.74, 6) is 0.196. The van der Waals surface area contributed by atoms with Crippen molar-refractivity contribution in [2.45, 2.75) is 22.8 Å². The molecular weight excluding hydrogens is 432 g/mol. The number of hydrogen-bond acceptors (Lipinski definition) is 4. The van der Waals surface area contributed by atoms with Crippen LogP contribution in [0.15, 0.2) is 101 Å². The molecule has 6 heteroatoms. The molecule has 0 aliphatic heterocycles. The Balaban J connectivity index is 1.46. The molecule has 5 nitrogen and oxygen atoms in total. The predicted molar refractivity (Wildman–Crippen MR) is 133 cm³/mol. The lowest BCUT2D eigenvalue weighted by molar-refractivity contribution is -0.117. The number of fused-ring (bicyclic) bond motifs is 1. The minimum Gasteiger partial charge on any atom is -0.497 e. The second-order valence-corrected chi connectivity index (χ2v) is 8.60. The van der Waals surface area contributed by atoms with Gasteiger partial charge >= 0.3 is 0 Å². The van der Waals surface area contributed by atoms with Gasteiger partial charge in [0.25, 0.3) is 5.91 Å². The molecule has 0 saturated carbocycles. The van der Waals surface area contributed by atoms with Crippen LogP contribution in [0.2, 0.25) is 0 Å². The minimum atomic E-state index is -0.716. The summed E-state index contributed by atoms with van der Waals surface area (Å²) in [6.07, 6.45) is 0. The Hall–Kier alpha value is -3.77. The van der Waals surface area contributed by atoms with Gasteiger partial charge in [-0.1, -0.05) is 66.4 Å². The number of methoxy groups -OCH3 is 1. The van der Waals surface area contributed by atoms with Crippen LogP contribution in [0.4, 0.5) is 5.69 Å². The lowest BCUT2D eigenvalue weighted by Gasteiger charge is -2.17. The van der Waals surface area contributed by atoms with Crippen LogP contribution in [0, 0.1) is 0 Å². The molecule has 0 aromatic heterocycles. The van der Waals surface area contributed by atoms with Gasteiger partial charge in [-0.05, 0) is 54.1 Å². The molecule has 2 N–H and O–H groups in total. The Morgan fingerprint density at radius 2 is 1.61 bits per heavy atom. The average Bonchev–Trinajstić information content (AvgIpc) is 2.84. The van der Waals surface area contributed by atoms with Gasteiger partial charge in [0.05, 0.1) is 12.8 Å². The van der Waals surface area contributed by atoms with Gasteiger partial charge < -0.3 is 15.4 Å². The molecule has 2 amide bonds. The van der Waals surface area contributed by atoms with Gasteiger partial charge in [0, 0.05) is 15.4 Å². The van der Waals surface area contributed by atoms with Crippen LogP contribution in [-0.4, -0.2) is 25.0 Å². The number of carbonyl (C=O) groups excluding carboxylic acids is 2. The molecule has 166 valence electrons. The fraction of sp³-hybridized carbons (Fsp3) is 0.111. The Labute approximate surface area is 197 Å². The fourth-order valence-electron chi connectivity index (χ4n) is 3.45. The zero-order valence-electron chi connectivity index (χ0n) is 18.4. The van der Waals surface area contributed by atoms with Gasteiger partial charge in [0.2, 0.25) is 5.91 Å². The Kier molecular flexibility index (Phi) is 6.95. The second-order valence-electron chi connectivity index (χ2n) is 7.49. The van der Waals surface area contributed by atoms with Crippen molar-refractivity contribution in [1.29, 1.82) is 0 Å². The zero-order valence-corrected chi connectivity index (χ0v) is 19.2. The lowest BCUT2D eigenvalue weighted by Crippen LogP contribution is -2.41. The maximum absolute atomic E-state index is 12.9. The topological polar surface area (TPSA) is 67.4 Å². The SMILES string of the molecule is COc1cccc(Sc2ccccc2NC(=O)[C@@H](C)NC(=O)c2cccc3ccccc23)c1. The number of hydrogen-bond donors (Lipinski definition) is 2. The summed E-state index contributed by atoms with van der Waals surface area (Å²) >= 11 is 1.53. The molecule has 0 aliphatic carbocycles. The first-order chi connectivity index (χ1) is 16.0. The van der Waals surface area contributed by atoms with Crippen LogP contribution in [0.25, 0.3) is 10.8 Å². The molecule has 4 rings (SSSR count). The number of ether oxygens (including phenoxy) is 1. The van der Waals surface area contributed by atoms with E-state index in [4.69, 9.17) is 4.74 Å². The standard InChI is InChI=1S/C27H24N2O3S/c1-18(28-27(31)23-14-7-10-19-9-3-4-13-22(19)23)26(30)29-24-15-5-6-16-25(24)33-21-12-8-11-20(17-21)32-2/h3-18H,1-2H3,(H,28,31)(H,29,30)/t18-/m1/s1. The third-order valence-corrected chi connectivity index (χ3v) is 6.25. The van der Waals surface area contributed by atoms with E-state index < -0.39 is 6.04 Å². The van der Waals surface area contributed by atoms with E-state index in [1.165, 1.54) is 11.8 Å². The molecule has 4 aromatic rings. The molecule has 0 aliphatic rings. The third kappa shape index (κ3) is 5.35. The van der Waals surface area contributed by atoms with Crippen LogP contribution in [0.1, 0.15) is 17.3 Å². The van der Waals surface area contributed by atoms with E-state index in [1.54, 1.807) is 20.1 Å². The molecule has 0 unspecified atom stereocenters. The quantitative estimate of drug-likeness (QED) is 0.371. The summed E-state index contributed by atoms with van der Waals surface area (Å²) in [5.41, 5.74) is 1.23. The van der Waals surface area contributed by atoms with E-state index in [-0.39, 0.29) is 11.8 Å². The van der Waals surface area contributed by atoms with E-state index >= 15 is 0 Å². The normalized spacial score (nSPS) is 11.6. The highest BCUT2D eigenvalue weighted by atomic mass is 32.2. The highest BCUT2D eigenvalue weighted by Gasteiger charge is 2.19. The van der Waals surface area contributed by atoms with E-state index in [0.29, 0.717) is 11.3 Å². The van der Waals surface area contributed by atoms with Crippen molar-refractivity contribution in [3.05, 3.63) is 96.6 Å². The van der Waals surface area contributed by atoms with Crippen molar-refractivity contribution in [2.75, 3.05) is 12.4 Å². The summed E-state index contributed by atoms with van der Waals surface area (Å²) in [4.78, 5) is 27.7. The van der Waals surface area contributed by atoms with Crippen molar-refractivity contribution in [1.82, 2.24) is 5.32 Å². The molecule has 0 bridgehead atoms. The van der Waals surface area contributed by atoms with E-state index in [9.17, 15) is 9.59 Å². The second kappa shape index (κ2) is 10.2. The van der Waals surface area contributed by atoms with E-state index in [1.807, 2.05) is 84.9 Å². The van der Waals surface area contributed by atoms with Crippen molar-refractivity contribution in [3.8, 4) is 5.75 Å². The monoisotopic (exact) mass is 456 g/mol. The summed E-state index contributed by atoms with van der Waals surface area (Å²) in [6.45, 7) is 1.68. The predicted octanol–water partition coefficient (Wildman–Crippen LogP) is 5.76. The van der Waals surface area contributed by atoms with Crippen LogP contribution in [0.3, 0.4) is 0 Å². The summed E-state index contributed by atoms with van der Waals surface area (Å²) < 4.78 is 5.30. The number of rotatable bonds is 7. The van der Waals surface area contributed by atoms with Crippen molar-refractivity contribution >= 4 is 40.0 Å². The first kappa shape index (κ1) is 22.4. The highest BCUT2D eigenvalue weighted by molar-refractivity contribution is 7.99. The van der Waals surface area contributed by atoms with E-state index in [2.05, 4.69) is 10.6 Å². The Bertz CT molecular complexity index is 1300. The van der Waals surface area contributed by atoms with Crippen molar-refractivity contribution < 1.29 is 14.3 Å². The lowest BCUT2D eigenvalue weighted by atomic mass is 10.0. The smallest absolute Gasteiger partial charge is 0.252 e. The number of para-hydroxylation sites is 1. The van der Waals surface area contributed by atoms with Crippen molar-refractivity contribution in [2.24, 2.45) is 0 Å². The minimum absolute atomic E-state index is 0.284. The summed E-state index contributed by atoms with van der Waals surface area (Å²) in [5, 5.41) is 7.60. The van der Waals surface area contributed by atoms with Crippen LogP contribution >= 0.6 is 11.8 Å². The number of carbonyl (C=O) groups is 2. The molecule has 1 atom stereocenters. The molecule has 0 heterocycles. The molecule has 0 radical (unpaired) electrons. The van der Waals surface area contributed by atoms with Gasteiger partial charge in [-0.3, -0.25) is 9.59 Å².